The monoisotopic (exact) mass is 302 g/mol. The van der Waals surface area contributed by atoms with Crippen molar-refractivity contribution in [2.45, 2.75) is 37.8 Å². The molecule has 1 atom stereocenters. The molecule has 118 valence electrons. The molecule has 1 rings (SSSR count). The van der Waals surface area contributed by atoms with Gasteiger partial charge in [0.05, 0.1) is 6.54 Å². The Morgan fingerprint density at radius 3 is 2.55 bits per heavy atom. The third kappa shape index (κ3) is 6.49. The van der Waals surface area contributed by atoms with Gasteiger partial charge in [-0.05, 0) is 26.4 Å². The predicted octanol–water partition coefficient (Wildman–Crippen LogP) is 2.42. The first kappa shape index (κ1) is 17.1. The van der Waals surface area contributed by atoms with E-state index in [1.165, 1.54) is 7.05 Å². The lowest BCUT2D eigenvalue weighted by Gasteiger charge is -2.18. The molecule has 0 aliphatic heterocycles. The quantitative estimate of drug-likeness (QED) is 0.604. The first-order valence-corrected chi connectivity index (χ1v) is 6.50. The molecule has 0 saturated heterocycles. The highest BCUT2D eigenvalue weighted by molar-refractivity contribution is 5.79. The molecule has 8 heteroatoms. The summed E-state index contributed by atoms with van der Waals surface area (Å²) in [5.41, 5.74) is 0. The summed E-state index contributed by atoms with van der Waals surface area (Å²) in [7, 11) is 1.34. The van der Waals surface area contributed by atoms with Crippen LogP contribution in [0.1, 0.15) is 25.7 Å². The molecule has 3 nitrogen and oxygen atoms in total. The molecule has 0 bridgehead atoms. The number of carbonyl (C=O) groups excluding carboxylic acids is 1. The molecule has 1 saturated carbocycles. The van der Waals surface area contributed by atoms with Crippen molar-refractivity contribution in [2.24, 2.45) is 5.92 Å². The molecule has 0 radical (unpaired) electrons. The molecular weight excluding hydrogens is 283 g/mol. The normalized spacial score (nSPS) is 22.2. The molecule has 0 heterocycles. The van der Waals surface area contributed by atoms with E-state index in [4.69, 9.17) is 0 Å². The Bertz CT molecular complexity index is 332. The number of nitrogens with zero attached hydrogens (tertiary/aromatic N) is 1. The number of amides is 1. The smallest absolute Gasteiger partial charge is 0.356 e. The second kappa shape index (κ2) is 6.69. The number of hydrogen-bond acceptors (Lipinski definition) is 2. The maximum Gasteiger partial charge on any atom is 0.401 e. The van der Waals surface area contributed by atoms with Gasteiger partial charge in [-0.1, -0.05) is 0 Å². The van der Waals surface area contributed by atoms with Gasteiger partial charge in [-0.15, -0.1) is 0 Å². The van der Waals surface area contributed by atoms with Crippen LogP contribution in [0.3, 0.4) is 0 Å². The van der Waals surface area contributed by atoms with E-state index >= 15 is 0 Å². The molecular formula is C12H19F5N2O. The van der Waals surface area contributed by atoms with Crippen molar-refractivity contribution in [1.82, 2.24) is 10.2 Å². The summed E-state index contributed by atoms with van der Waals surface area (Å²) < 4.78 is 61.9. The van der Waals surface area contributed by atoms with Gasteiger partial charge in [-0.25, -0.2) is 8.78 Å². The molecule has 1 N–H and O–H groups in total. The van der Waals surface area contributed by atoms with Crippen LogP contribution < -0.4 is 5.32 Å². The van der Waals surface area contributed by atoms with Crippen molar-refractivity contribution in [1.29, 1.82) is 0 Å². The number of hydrogen-bond donors (Lipinski definition) is 1. The molecule has 1 unspecified atom stereocenters. The zero-order chi connectivity index (χ0) is 15.4. The summed E-state index contributed by atoms with van der Waals surface area (Å²) in [4.78, 5) is 12.7. The Labute approximate surface area is 114 Å². The summed E-state index contributed by atoms with van der Waals surface area (Å²) in [5.74, 6) is -3.88. The third-order valence-electron chi connectivity index (χ3n) is 3.24. The molecule has 0 aromatic rings. The van der Waals surface area contributed by atoms with E-state index in [0.717, 1.165) is 4.90 Å². The van der Waals surface area contributed by atoms with Crippen molar-refractivity contribution in [3.8, 4) is 0 Å². The van der Waals surface area contributed by atoms with E-state index in [-0.39, 0.29) is 25.9 Å². The minimum atomic E-state index is -4.24. The predicted molar refractivity (Wildman–Crippen MR) is 63.5 cm³/mol. The van der Waals surface area contributed by atoms with Crippen LogP contribution >= 0.6 is 0 Å². The van der Waals surface area contributed by atoms with E-state index in [2.05, 4.69) is 5.32 Å². The highest BCUT2D eigenvalue weighted by Crippen LogP contribution is 2.38. The number of alkyl halides is 5. The van der Waals surface area contributed by atoms with Gasteiger partial charge in [0.25, 0.3) is 0 Å². The maximum atomic E-state index is 12.9. The van der Waals surface area contributed by atoms with Crippen molar-refractivity contribution in [3.05, 3.63) is 0 Å². The molecule has 1 aliphatic rings. The largest absolute Gasteiger partial charge is 0.401 e. The SMILES string of the molecule is CN(CCCNC(=O)C1CCC(F)(F)C1)CC(F)(F)F. The molecule has 1 amide bonds. The number of nitrogens with one attached hydrogen (secondary N) is 1. The Hall–Kier alpha value is -0.920. The minimum absolute atomic E-state index is 0.160. The van der Waals surface area contributed by atoms with Crippen molar-refractivity contribution < 1.29 is 26.7 Å². The highest BCUT2D eigenvalue weighted by Gasteiger charge is 2.42. The molecule has 0 aromatic heterocycles. The first-order valence-electron chi connectivity index (χ1n) is 6.50. The van der Waals surface area contributed by atoms with Crippen molar-refractivity contribution in [3.63, 3.8) is 0 Å². The lowest BCUT2D eigenvalue weighted by molar-refractivity contribution is -0.143. The number of carbonyl (C=O) groups is 1. The van der Waals surface area contributed by atoms with E-state index in [1.807, 2.05) is 0 Å². The standard InChI is InChI=1S/C12H19F5N2O/c1-19(8-12(15,16)17)6-2-5-18-10(20)9-3-4-11(13,14)7-9/h9H,2-8H2,1H3,(H,18,20). The number of rotatable bonds is 6. The van der Waals surface area contributed by atoms with Crippen molar-refractivity contribution in [2.75, 3.05) is 26.7 Å². The summed E-state index contributed by atoms with van der Waals surface area (Å²) in [6.07, 6.45) is -4.45. The fourth-order valence-electron chi connectivity index (χ4n) is 2.26. The topological polar surface area (TPSA) is 32.3 Å². The third-order valence-corrected chi connectivity index (χ3v) is 3.24. The highest BCUT2D eigenvalue weighted by atomic mass is 19.4. The van der Waals surface area contributed by atoms with Crippen LogP contribution in [0.25, 0.3) is 0 Å². The summed E-state index contributed by atoms with van der Waals surface area (Å²) in [6.45, 7) is -0.625. The first-order chi connectivity index (χ1) is 9.09. The molecule has 1 aliphatic carbocycles. The Morgan fingerprint density at radius 1 is 1.40 bits per heavy atom. The van der Waals surface area contributed by atoms with E-state index in [1.54, 1.807) is 0 Å². The van der Waals surface area contributed by atoms with Gasteiger partial charge in [0.15, 0.2) is 0 Å². The lowest BCUT2D eigenvalue weighted by atomic mass is 10.1. The Balaban J connectivity index is 2.14. The summed E-state index contributed by atoms with van der Waals surface area (Å²) in [6, 6.07) is 0. The van der Waals surface area contributed by atoms with Crippen LogP contribution in [-0.2, 0) is 4.79 Å². The second-order valence-corrected chi connectivity index (χ2v) is 5.29. The average Bonchev–Trinajstić information content (AvgIpc) is 2.62. The van der Waals surface area contributed by atoms with Gasteiger partial charge >= 0.3 is 6.18 Å². The van der Waals surface area contributed by atoms with Crippen molar-refractivity contribution >= 4 is 5.91 Å². The van der Waals surface area contributed by atoms with Gasteiger partial charge < -0.3 is 5.32 Å². The van der Waals surface area contributed by atoms with Gasteiger partial charge in [-0.3, -0.25) is 9.69 Å². The Kier molecular flexibility index (Phi) is 5.73. The van der Waals surface area contributed by atoms with E-state index in [9.17, 15) is 26.7 Å². The Morgan fingerprint density at radius 2 is 2.05 bits per heavy atom. The van der Waals surface area contributed by atoms with E-state index in [0.29, 0.717) is 6.42 Å². The zero-order valence-electron chi connectivity index (χ0n) is 11.3. The number of halogens is 5. The van der Waals surface area contributed by atoms with Gasteiger partial charge in [0, 0.05) is 25.3 Å². The molecule has 0 aromatic carbocycles. The summed E-state index contributed by atoms with van der Waals surface area (Å²) in [5, 5.41) is 2.50. The summed E-state index contributed by atoms with van der Waals surface area (Å²) >= 11 is 0. The zero-order valence-corrected chi connectivity index (χ0v) is 11.3. The molecule has 20 heavy (non-hydrogen) atoms. The second-order valence-electron chi connectivity index (χ2n) is 5.29. The van der Waals surface area contributed by atoms with Crippen LogP contribution in [0.15, 0.2) is 0 Å². The van der Waals surface area contributed by atoms with Gasteiger partial charge in [0.2, 0.25) is 11.8 Å². The van der Waals surface area contributed by atoms with Crippen LogP contribution in [0.5, 0.6) is 0 Å². The van der Waals surface area contributed by atoms with Crippen LogP contribution in [0, 0.1) is 5.92 Å². The van der Waals surface area contributed by atoms with Gasteiger partial charge in [0.1, 0.15) is 0 Å². The fraction of sp³-hybridized carbons (Fsp3) is 0.917. The molecule has 0 spiro atoms. The average molecular weight is 302 g/mol. The van der Waals surface area contributed by atoms with Crippen LogP contribution in [-0.4, -0.2) is 49.6 Å². The molecule has 1 fully saturated rings. The van der Waals surface area contributed by atoms with Crippen LogP contribution in [0.2, 0.25) is 0 Å². The van der Waals surface area contributed by atoms with Gasteiger partial charge in [-0.2, -0.15) is 13.2 Å². The maximum absolute atomic E-state index is 12.9. The lowest BCUT2D eigenvalue weighted by Crippen LogP contribution is -2.35. The van der Waals surface area contributed by atoms with Crippen LogP contribution in [0.4, 0.5) is 22.0 Å². The fourth-order valence-corrected chi connectivity index (χ4v) is 2.26. The minimum Gasteiger partial charge on any atom is -0.356 e. The van der Waals surface area contributed by atoms with E-state index < -0.39 is 36.9 Å².